The normalized spacial score (nSPS) is 35.0. The van der Waals surface area contributed by atoms with Crippen molar-refractivity contribution in [2.24, 2.45) is 11.8 Å². The fourth-order valence-corrected chi connectivity index (χ4v) is 2.14. The van der Waals surface area contributed by atoms with Crippen molar-refractivity contribution in [1.82, 2.24) is 0 Å². The number of Topliss-reactive ketones (excluding diaryl/α,β-unsaturated/α-hetero) is 2. The van der Waals surface area contributed by atoms with Gasteiger partial charge in [-0.1, -0.05) is 12.2 Å². The van der Waals surface area contributed by atoms with E-state index in [1.807, 2.05) is 12.2 Å². The Hall–Kier alpha value is -0.920. The van der Waals surface area contributed by atoms with Crippen molar-refractivity contribution in [3.8, 4) is 0 Å². The van der Waals surface area contributed by atoms with Crippen LogP contribution in [0.5, 0.6) is 0 Å². The third-order valence-electron chi connectivity index (χ3n) is 2.88. The summed E-state index contributed by atoms with van der Waals surface area (Å²) < 4.78 is 0. The first kappa shape index (κ1) is 7.71. The van der Waals surface area contributed by atoms with E-state index in [-0.39, 0.29) is 11.8 Å². The molecule has 0 N–H and O–H groups in total. The van der Waals surface area contributed by atoms with Crippen molar-refractivity contribution in [3.05, 3.63) is 12.2 Å². The van der Waals surface area contributed by atoms with Gasteiger partial charge in [-0.3, -0.25) is 9.59 Å². The highest BCUT2D eigenvalue weighted by molar-refractivity contribution is 5.96. The highest BCUT2D eigenvalue weighted by atomic mass is 16.1. The van der Waals surface area contributed by atoms with E-state index in [1.165, 1.54) is 0 Å². The summed E-state index contributed by atoms with van der Waals surface area (Å²) >= 11 is 0. The Bertz CT molecular complexity index is 227. The summed E-state index contributed by atoms with van der Waals surface area (Å²) in [5.41, 5.74) is 0. The van der Waals surface area contributed by atoms with Gasteiger partial charge >= 0.3 is 0 Å². The van der Waals surface area contributed by atoms with Crippen LogP contribution in [-0.4, -0.2) is 11.6 Å². The van der Waals surface area contributed by atoms with Crippen molar-refractivity contribution in [1.29, 1.82) is 0 Å². The van der Waals surface area contributed by atoms with E-state index < -0.39 is 0 Å². The Morgan fingerprint density at radius 2 is 1.33 bits per heavy atom. The third kappa shape index (κ3) is 1.11. The van der Waals surface area contributed by atoms with Gasteiger partial charge in [0.05, 0.1) is 0 Å². The van der Waals surface area contributed by atoms with Gasteiger partial charge in [0.15, 0.2) is 0 Å². The summed E-state index contributed by atoms with van der Waals surface area (Å²) in [4.78, 5) is 22.8. The maximum Gasteiger partial charge on any atom is 0.137 e. The Labute approximate surface area is 71.6 Å². The van der Waals surface area contributed by atoms with Gasteiger partial charge in [-0.2, -0.15) is 0 Å². The summed E-state index contributed by atoms with van der Waals surface area (Å²) in [6, 6.07) is 0. The molecule has 0 aromatic carbocycles. The summed E-state index contributed by atoms with van der Waals surface area (Å²) in [6.07, 6.45) is 6.58. The van der Waals surface area contributed by atoms with Crippen LogP contribution in [0.4, 0.5) is 0 Å². The second-order valence-corrected chi connectivity index (χ2v) is 3.59. The molecular formula is C10H12O2. The lowest BCUT2D eigenvalue weighted by molar-refractivity contribution is -0.137. The Kier molecular flexibility index (Phi) is 1.83. The quantitative estimate of drug-likeness (QED) is 0.508. The number of allylic oxidation sites excluding steroid dienone is 2. The molecule has 2 rings (SSSR count). The maximum absolute atomic E-state index is 11.4. The maximum atomic E-state index is 11.4. The minimum absolute atomic E-state index is 0.0243. The van der Waals surface area contributed by atoms with Crippen LogP contribution >= 0.6 is 0 Å². The van der Waals surface area contributed by atoms with Crippen molar-refractivity contribution in [2.75, 3.05) is 0 Å². The van der Waals surface area contributed by atoms with Gasteiger partial charge in [-0.25, -0.2) is 0 Å². The van der Waals surface area contributed by atoms with E-state index in [0.717, 1.165) is 12.8 Å². The molecule has 0 bridgehead atoms. The van der Waals surface area contributed by atoms with Crippen LogP contribution in [0.3, 0.4) is 0 Å². The highest BCUT2D eigenvalue weighted by Gasteiger charge is 2.37. The Balaban J connectivity index is 2.23. The average Bonchev–Trinajstić information content (AvgIpc) is 2.12. The number of fused-ring (bicyclic) bond motifs is 1. The van der Waals surface area contributed by atoms with Crippen molar-refractivity contribution >= 4 is 11.6 Å². The van der Waals surface area contributed by atoms with Crippen LogP contribution in [0.25, 0.3) is 0 Å². The van der Waals surface area contributed by atoms with Gasteiger partial charge in [0.25, 0.3) is 0 Å². The molecule has 0 saturated heterocycles. The van der Waals surface area contributed by atoms with Gasteiger partial charge in [0.2, 0.25) is 0 Å². The van der Waals surface area contributed by atoms with Crippen LogP contribution in [0.1, 0.15) is 25.7 Å². The molecule has 2 atom stereocenters. The zero-order valence-electron chi connectivity index (χ0n) is 6.95. The number of carbonyl (C=O) groups is 2. The zero-order valence-corrected chi connectivity index (χ0v) is 6.95. The molecule has 64 valence electrons. The van der Waals surface area contributed by atoms with Crippen LogP contribution in [0.15, 0.2) is 12.2 Å². The second-order valence-electron chi connectivity index (χ2n) is 3.59. The van der Waals surface area contributed by atoms with Crippen LogP contribution in [0.2, 0.25) is 0 Å². The Morgan fingerprint density at radius 1 is 0.917 bits per heavy atom. The first-order chi connectivity index (χ1) is 5.79. The minimum Gasteiger partial charge on any atom is -0.299 e. The van der Waals surface area contributed by atoms with E-state index in [2.05, 4.69) is 0 Å². The van der Waals surface area contributed by atoms with Crippen molar-refractivity contribution in [2.45, 2.75) is 25.7 Å². The molecule has 2 nitrogen and oxygen atoms in total. The molecule has 2 aliphatic rings. The molecular weight excluding hydrogens is 152 g/mol. The van der Waals surface area contributed by atoms with Gasteiger partial charge in [0.1, 0.15) is 11.6 Å². The lowest BCUT2D eigenvalue weighted by atomic mass is 9.72. The molecule has 2 heteroatoms. The first-order valence-corrected chi connectivity index (χ1v) is 4.49. The van der Waals surface area contributed by atoms with Crippen LogP contribution in [-0.2, 0) is 9.59 Å². The predicted octanol–water partition coefficient (Wildman–Crippen LogP) is 1.50. The fourth-order valence-electron chi connectivity index (χ4n) is 2.14. The van der Waals surface area contributed by atoms with E-state index in [9.17, 15) is 9.59 Å². The number of hydrogen-bond donors (Lipinski definition) is 0. The molecule has 0 aliphatic heterocycles. The van der Waals surface area contributed by atoms with Gasteiger partial charge in [0, 0.05) is 24.7 Å². The van der Waals surface area contributed by atoms with Gasteiger partial charge in [-0.05, 0) is 12.8 Å². The minimum atomic E-state index is 0.0243. The summed E-state index contributed by atoms with van der Waals surface area (Å²) in [5, 5.41) is 0. The number of carbonyl (C=O) groups excluding carboxylic acids is 2. The third-order valence-corrected chi connectivity index (χ3v) is 2.88. The summed E-state index contributed by atoms with van der Waals surface area (Å²) in [6.45, 7) is 0. The predicted molar refractivity (Wildman–Crippen MR) is 44.6 cm³/mol. The smallest absolute Gasteiger partial charge is 0.137 e. The molecule has 0 aromatic rings. The second kappa shape index (κ2) is 2.85. The zero-order chi connectivity index (χ0) is 8.55. The number of hydrogen-bond acceptors (Lipinski definition) is 2. The van der Waals surface area contributed by atoms with Crippen LogP contribution in [0, 0.1) is 11.8 Å². The van der Waals surface area contributed by atoms with Crippen molar-refractivity contribution in [3.63, 3.8) is 0 Å². The lowest BCUT2D eigenvalue weighted by Crippen LogP contribution is -2.36. The monoisotopic (exact) mass is 164 g/mol. The molecule has 12 heavy (non-hydrogen) atoms. The van der Waals surface area contributed by atoms with Crippen LogP contribution < -0.4 is 0 Å². The first-order valence-electron chi connectivity index (χ1n) is 4.49. The fraction of sp³-hybridized carbons (Fsp3) is 0.600. The van der Waals surface area contributed by atoms with E-state index in [4.69, 9.17) is 0 Å². The molecule has 1 saturated carbocycles. The van der Waals surface area contributed by atoms with E-state index >= 15 is 0 Å². The molecule has 2 aliphatic carbocycles. The molecule has 0 aromatic heterocycles. The van der Waals surface area contributed by atoms with Crippen molar-refractivity contribution < 1.29 is 9.59 Å². The molecule has 1 fully saturated rings. The highest BCUT2D eigenvalue weighted by Crippen LogP contribution is 2.33. The number of rotatable bonds is 0. The Morgan fingerprint density at radius 3 is 1.75 bits per heavy atom. The largest absolute Gasteiger partial charge is 0.299 e. The molecule has 0 unspecified atom stereocenters. The molecule has 0 radical (unpaired) electrons. The molecule has 0 amide bonds. The summed E-state index contributed by atoms with van der Waals surface area (Å²) in [5.74, 6) is 0.639. The van der Waals surface area contributed by atoms with E-state index in [1.54, 1.807) is 0 Å². The molecule has 0 spiro atoms. The van der Waals surface area contributed by atoms with E-state index in [0.29, 0.717) is 24.4 Å². The molecule has 0 heterocycles. The number of ketones is 2. The average molecular weight is 164 g/mol. The van der Waals surface area contributed by atoms with Gasteiger partial charge < -0.3 is 0 Å². The standard InChI is InChI=1S/C10H12O2/c11-9-5-6-10(12)8-4-2-1-3-7(8)9/h1-2,7-8H,3-6H2/t7-,8+. The summed E-state index contributed by atoms with van der Waals surface area (Å²) in [7, 11) is 0. The topological polar surface area (TPSA) is 34.1 Å². The lowest BCUT2D eigenvalue weighted by Gasteiger charge is -2.29. The SMILES string of the molecule is O=C1CCC(=O)[C@@H]2CC=CC[C@H]12. The van der Waals surface area contributed by atoms with Gasteiger partial charge in [-0.15, -0.1) is 0 Å².